The quantitative estimate of drug-likeness (QED) is 0.892. The van der Waals surface area contributed by atoms with Gasteiger partial charge in [-0.2, -0.15) is 5.10 Å². The molecular formula is C14H16F2N4O2. The number of aliphatic hydroxyl groups is 1. The summed E-state index contributed by atoms with van der Waals surface area (Å²) in [6, 6.07) is 3.50. The van der Waals surface area contributed by atoms with Crippen LogP contribution in [0.5, 0.6) is 0 Å². The minimum Gasteiger partial charge on any atom is -0.387 e. The number of halogens is 2. The van der Waals surface area contributed by atoms with Crippen LogP contribution in [0.2, 0.25) is 0 Å². The molecule has 1 aromatic heterocycles. The number of aryl methyl sites for hydroxylation is 1. The van der Waals surface area contributed by atoms with Crippen LogP contribution >= 0.6 is 0 Å². The molecule has 2 heterocycles. The molecule has 0 bridgehead atoms. The van der Waals surface area contributed by atoms with Gasteiger partial charge in [-0.1, -0.05) is 6.07 Å². The van der Waals surface area contributed by atoms with Crippen molar-refractivity contribution in [3.05, 3.63) is 51.7 Å². The van der Waals surface area contributed by atoms with Crippen LogP contribution in [-0.2, 0) is 20.1 Å². The molecule has 0 radical (unpaired) electrons. The van der Waals surface area contributed by atoms with Gasteiger partial charge >= 0.3 is 5.69 Å². The van der Waals surface area contributed by atoms with E-state index in [4.69, 9.17) is 0 Å². The second-order valence-electron chi connectivity index (χ2n) is 5.36. The van der Waals surface area contributed by atoms with Gasteiger partial charge in [0.1, 0.15) is 17.5 Å². The number of fused-ring (bicyclic) bond motifs is 1. The molecule has 1 atom stereocenters. The predicted molar refractivity (Wildman–Crippen MR) is 74.1 cm³/mol. The van der Waals surface area contributed by atoms with E-state index in [2.05, 4.69) is 5.10 Å². The maximum absolute atomic E-state index is 13.7. The van der Waals surface area contributed by atoms with E-state index in [0.29, 0.717) is 25.5 Å². The number of rotatable bonds is 3. The third kappa shape index (κ3) is 2.55. The summed E-state index contributed by atoms with van der Waals surface area (Å²) in [6.07, 6.45) is -1.27. The Hall–Kier alpha value is -2.06. The van der Waals surface area contributed by atoms with Crippen molar-refractivity contribution in [3.63, 3.8) is 0 Å². The van der Waals surface area contributed by atoms with E-state index in [1.807, 2.05) is 4.90 Å². The average molecular weight is 310 g/mol. The standard InChI is InChI=1S/C14H16F2N4O2/c1-18-14(22)20-6-5-19(8-12(20)17-18)7-11(21)13-9(15)3-2-4-10(13)16/h2-4,11,21H,5-8H2,1H3. The number of hydrogen-bond acceptors (Lipinski definition) is 4. The van der Waals surface area contributed by atoms with Gasteiger partial charge in [0.2, 0.25) is 0 Å². The molecule has 0 amide bonds. The molecule has 1 aliphatic heterocycles. The fourth-order valence-electron chi connectivity index (χ4n) is 2.74. The van der Waals surface area contributed by atoms with Crippen molar-refractivity contribution in [2.75, 3.05) is 13.1 Å². The van der Waals surface area contributed by atoms with Gasteiger partial charge in [-0.25, -0.2) is 18.3 Å². The van der Waals surface area contributed by atoms with Crippen molar-refractivity contribution in [3.8, 4) is 0 Å². The van der Waals surface area contributed by atoms with E-state index < -0.39 is 17.7 Å². The molecule has 0 saturated heterocycles. The van der Waals surface area contributed by atoms with Gasteiger partial charge in [-0.15, -0.1) is 0 Å². The third-order valence-electron chi connectivity index (χ3n) is 3.85. The molecule has 1 aromatic carbocycles. The van der Waals surface area contributed by atoms with E-state index in [9.17, 15) is 18.7 Å². The first-order valence-corrected chi connectivity index (χ1v) is 6.94. The maximum Gasteiger partial charge on any atom is 0.345 e. The van der Waals surface area contributed by atoms with Crippen molar-refractivity contribution in [1.29, 1.82) is 0 Å². The van der Waals surface area contributed by atoms with Gasteiger partial charge in [-0.3, -0.25) is 9.47 Å². The number of aliphatic hydroxyl groups excluding tert-OH is 1. The summed E-state index contributed by atoms with van der Waals surface area (Å²) in [7, 11) is 1.57. The number of hydrogen-bond donors (Lipinski definition) is 1. The normalized spacial score (nSPS) is 16.5. The molecule has 0 fully saturated rings. The summed E-state index contributed by atoms with van der Waals surface area (Å²) >= 11 is 0. The Kier molecular flexibility index (Phi) is 3.79. The van der Waals surface area contributed by atoms with Gasteiger partial charge in [0.05, 0.1) is 18.2 Å². The summed E-state index contributed by atoms with van der Waals surface area (Å²) in [6.45, 7) is 1.37. The van der Waals surface area contributed by atoms with Crippen molar-refractivity contribution < 1.29 is 13.9 Å². The van der Waals surface area contributed by atoms with Gasteiger partial charge in [0.15, 0.2) is 0 Å². The Labute approximate surface area is 125 Å². The van der Waals surface area contributed by atoms with E-state index in [1.165, 1.54) is 10.7 Å². The van der Waals surface area contributed by atoms with Crippen LogP contribution in [0.1, 0.15) is 17.5 Å². The van der Waals surface area contributed by atoms with E-state index >= 15 is 0 Å². The number of benzene rings is 1. The molecule has 3 rings (SSSR count). The van der Waals surface area contributed by atoms with Crippen LogP contribution in [-0.4, -0.2) is 37.4 Å². The molecule has 118 valence electrons. The first-order chi connectivity index (χ1) is 10.5. The van der Waals surface area contributed by atoms with E-state index in [-0.39, 0.29) is 17.8 Å². The predicted octanol–water partition coefficient (Wildman–Crippen LogP) is 0.409. The second-order valence-corrected chi connectivity index (χ2v) is 5.36. The molecule has 22 heavy (non-hydrogen) atoms. The Morgan fingerprint density at radius 3 is 2.68 bits per heavy atom. The van der Waals surface area contributed by atoms with Crippen molar-refractivity contribution >= 4 is 0 Å². The van der Waals surface area contributed by atoms with E-state index in [1.54, 1.807) is 11.6 Å². The monoisotopic (exact) mass is 310 g/mol. The largest absolute Gasteiger partial charge is 0.387 e. The van der Waals surface area contributed by atoms with Crippen LogP contribution in [0.4, 0.5) is 8.78 Å². The average Bonchev–Trinajstić information content (AvgIpc) is 2.73. The van der Waals surface area contributed by atoms with Gasteiger partial charge < -0.3 is 5.11 Å². The van der Waals surface area contributed by atoms with Gasteiger partial charge in [-0.05, 0) is 12.1 Å². The molecule has 6 nitrogen and oxygen atoms in total. The molecule has 1 N–H and O–H groups in total. The summed E-state index contributed by atoms with van der Waals surface area (Å²) in [5.41, 5.74) is -0.512. The topological polar surface area (TPSA) is 63.3 Å². The molecule has 1 aliphatic rings. The van der Waals surface area contributed by atoms with Gasteiger partial charge in [0.25, 0.3) is 0 Å². The lowest BCUT2D eigenvalue weighted by Gasteiger charge is -2.28. The Morgan fingerprint density at radius 2 is 2.00 bits per heavy atom. The van der Waals surface area contributed by atoms with Crippen LogP contribution in [0.15, 0.2) is 23.0 Å². The highest BCUT2D eigenvalue weighted by Crippen LogP contribution is 2.22. The molecule has 1 unspecified atom stereocenters. The molecular weight excluding hydrogens is 294 g/mol. The zero-order valence-electron chi connectivity index (χ0n) is 12.0. The van der Waals surface area contributed by atoms with Crippen molar-refractivity contribution in [2.45, 2.75) is 19.2 Å². The lowest BCUT2D eigenvalue weighted by Crippen LogP contribution is -2.39. The van der Waals surface area contributed by atoms with Crippen LogP contribution in [0.25, 0.3) is 0 Å². The first-order valence-electron chi connectivity index (χ1n) is 6.94. The number of β-amino-alcohol motifs (C(OH)–C–C–N with tert-alkyl or cyclic N) is 1. The Bertz CT molecular complexity index is 736. The minimum atomic E-state index is -1.27. The lowest BCUT2D eigenvalue weighted by atomic mass is 10.1. The molecule has 0 aliphatic carbocycles. The fourth-order valence-corrected chi connectivity index (χ4v) is 2.74. The van der Waals surface area contributed by atoms with Gasteiger partial charge in [0, 0.05) is 26.7 Å². The number of aromatic nitrogens is 3. The highest BCUT2D eigenvalue weighted by atomic mass is 19.1. The molecule has 2 aromatic rings. The summed E-state index contributed by atoms with van der Waals surface area (Å²) in [5.74, 6) is -0.946. The lowest BCUT2D eigenvalue weighted by molar-refractivity contribution is 0.0906. The minimum absolute atomic E-state index is 0.0720. The SMILES string of the molecule is Cn1nc2n(c1=O)CCN(CC(O)c1c(F)cccc1F)C2. The second kappa shape index (κ2) is 5.62. The summed E-state index contributed by atoms with van der Waals surface area (Å²) < 4.78 is 30.2. The number of nitrogens with zero attached hydrogens (tertiary/aromatic N) is 4. The summed E-state index contributed by atoms with van der Waals surface area (Å²) in [4.78, 5) is 13.6. The molecule has 0 spiro atoms. The zero-order valence-corrected chi connectivity index (χ0v) is 12.0. The third-order valence-corrected chi connectivity index (χ3v) is 3.85. The van der Waals surface area contributed by atoms with Crippen molar-refractivity contribution in [2.24, 2.45) is 7.05 Å². The summed E-state index contributed by atoms with van der Waals surface area (Å²) in [5, 5.41) is 14.2. The first kappa shape index (κ1) is 14.9. The van der Waals surface area contributed by atoms with Crippen molar-refractivity contribution in [1.82, 2.24) is 19.2 Å². The Morgan fingerprint density at radius 1 is 1.32 bits per heavy atom. The fraction of sp³-hybridized carbons (Fsp3) is 0.429. The highest BCUT2D eigenvalue weighted by molar-refractivity contribution is 5.22. The molecule has 0 saturated carbocycles. The smallest absolute Gasteiger partial charge is 0.345 e. The maximum atomic E-state index is 13.7. The van der Waals surface area contributed by atoms with Crippen LogP contribution in [0, 0.1) is 11.6 Å². The van der Waals surface area contributed by atoms with Crippen LogP contribution in [0.3, 0.4) is 0 Å². The molecule has 8 heteroatoms. The zero-order chi connectivity index (χ0) is 15.9. The Balaban J connectivity index is 1.76. The highest BCUT2D eigenvalue weighted by Gasteiger charge is 2.25. The van der Waals surface area contributed by atoms with E-state index in [0.717, 1.165) is 12.1 Å². The van der Waals surface area contributed by atoms with Crippen LogP contribution < -0.4 is 5.69 Å².